The molecule has 0 N–H and O–H groups in total. The van der Waals surface area contributed by atoms with Crippen LogP contribution in [0, 0.1) is 29.6 Å². The molecule has 0 radical (unpaired) electrons. The second-order valence-electron chi connectivity index (χ2n) is 8.53. The summed E-state index contributed by atoms with van der Waals surface area (Å²) in [4.78, 5) is 0. The predicted molar refractivity (Wildman–Crippen MR) is 97.7 cm³/mol. The fourth-order valence-electron chi connectivity index (χ4n) is 5.39. The van der Waals surface area contributed by atoms with Gasteiger partial charge < -0.3 is 9.47 Å². The predicted octanol–water partition coefficient (Wildman–Crippen LogP) is 5.53. The molecule has 1 unspecified atom stereocenters. The van der Waals surface area contributed by atoms with Crippen molar-refractivity contribution in [2.45, 2.75) is 58.3 Å². The monoisotopic (exact) mass is 326 g/mol. The van der Waals surface area contributed by atoms with E-state index in [2.05, 4.69) is 20.4 Å². The first-order valence-corrected chi connectivity index (χ1v) is 9.67. The van der Waals surface area contributed by atoms with Gasteiger partial charge in [0.05, 0.1) is 6.10 Å². The van der Waals surface area contributed by atoms with Gasteiger partial charge in [0.25, 0.3) is 0 Å². The molecule has 0 amide bonds. The zero-order valence-electron chi connectivity index (χ0n) is 15.0. The molecule has 0 aromatic heterocycles. The molecule has 130 valence electrons. The smallest absolute Gasteiger partial charge is 0.202 e. The van der Waals surface area contributed by atoms with Crippen LogP contribution in [-0.4, -0.2) is 12.4 Å². The van der Waals surface area contributed by atoms with Crippen molar-refractivity contribution in [2.24, 2.45) is 29.6 Å². The summed E-state index contributed by atoms with van der Waals surface area (Å²) in [6.07, 6.45) is 9.15. The molecule has 0 aliphatic heterocycles. The molecule has 5 rings (SSSR count). The van der Waals surface area contributed by atoms with Crippen molar-refractivity contribution in [2.75, 3.05) is 0 Å². The van der Waals surface area contributed by atoms with Crippen molar-refractivity contribution in [3.63, 3.8) is 0 Å². The van der Waals surface area contributed by atoms with Crippen LogP contribution in [0.2, 0.25) is 0 Å². The molecule has 0 heterocycles. The van der Waals surface area contributed by atoms with E-state index in [1.165, 1.54) is 32.1 Å². The lowest BCUT2D eigenvalue weighted by atomic mass is 9.55. The van der Waals surface area contributed by atoms with E-state index < -0.39 is 0 Å². The van der Waals surface area contributed by atoms with Gasteiger partial charge >= 0.3 is 0 Å². The van der Waals surface area contributed by atoms with E-state index in [9.17, 15) is 0 Å². The maximum Gasteiger partial charge on any atom is 0.202 e. The van der Waals surface area contributed by atoms with Crippen LogP contribution in [0.25, 0.3) is 6.08 Å². The van der Waals surface area contributed by atoms with Gasteiger partial charge in [-0.25, -0.2) is 0 Å². The molecular formula is C22H30O2. The minimum atomic E-state index is -0.151. The lowest BCUT2D eigenvalue weighted by Crippen LogP contribution is -2.51. The Morgan fingerprint density at radius 1 is 0.958 bits per heavy atom. The summed E-state index contributed by atoms with van der Waals surface area (Å²) >= 11 is 0. The normalized spacial score (nSPS) is 35.2. The van der Waals surface area contributed by atoms with Gasteiger partial charge in [-0.15, -0.1) is 0 Å². The van der Waals surface area contributed by atoms with E-state index in [1.807, 2.05) is 30.3 Å². The average Bonchev–Trinajstić information content (AvgIpc) is 2.57. The second kappa shape index (κ2) is 6.55. The SMILES string of the molecule is C=Cc1ccc(OC(OC2C3CC4CC(C3)CC2C4)C(C)C)cc1. The maximum atomic E-state index is 6.61. The lowest BCUT2D eigenvalue weighted by molar-refractivity contribution is -0.210. The standard InChI is InChI=1S/C22H30O2/c1-4-15-5-7-20(8-6-15)23-22(14(2)3)24-21-18-10-16-9-17(12-18)13-19(21)11-16/h4-8,14,16-19,21-22H,1,9-13H2,2-3H3. The molecule has 4 aliphatic carbocycles. The molecule has 1 aromatic rings. The molecule has 1 atom stereocenters. The van der Waals surface area contributed by atoms with Gasteiger partial charge in [-0.1, -0.05) is 38.6 Å². The molecular weight excluding hydrogens is 296 g/mol. The van der Waals surface area contributed by atoms with Crippen LogP contribution < -0.4 is 4.74 Å². The topological polar surface area (TPSA) is 18.5 Å². The summed E-state index contributed by atoms with van der Waals surface area (Å²) in [5.41, 5.74) is 1.12. The third-order valence-corrected chi connectivity index (χ3v) is 6.34. The Labute approximate surface area is 146 Å². The van der Waals surface area contributed by atoms with Crippen molar-refractivity contribution in [1.29, 1.82) is 0 Å². The van der Waals surface area contributed by atoms with Crippen molar-refractivity contribution < 1.29 is 9.47 Å². The van der Waals surface area contributed by atoms with Crippen molar-refractivity contribution in [3.8, 4) is 5.75 Å². The number of benzene rings is 1. The van der Waals surface area contributed by atoms with Crippen LogP contribution in [-0.2, 0) is 4.74 Å². The Bertz CT molecular complexity index is 546. The van der Waals surface area contributed by atoms with E-state index >= 15 is 0 Å². The minimum Gasteiger partial charge on any atom is -0.465 e. The zero-order chi connectivity index (χ0) is 16.7. The molecule has 1 aromatic carbocycles. The number of hydrogen-bond acceptors (Lipinski definition) is 2. The first-order chi connectivity index (χ1) is 11.6. The first kappa shape index (κ1) is 16.2. The molecule has 24 heavy (non-hydrogen) atoms. The number of hydrogen-bond donors (Lipinski definition) is 0. The fraction of sp³-hybridized carbons (Fsp3) is 0.636. The summed E-state index contributed by atoms with van der Waals surface area (Å²) < 4.78 is 12.8. The van der Waals surface area contributed by atoms with Gasteiger partial charge in [0.2, 0.25) is 6.29 Å². The lowest BCUT2D eigenvalue weighted by Gasteiger charge is -2.54. The average molecular weight is 326 g/mol. The molecule has 2 heteroatoms. The largest absolute Gasteiger partial charge is 0.465 e. The Balaban J connectivity index is 1.44. The third kappa shape index (κ3) is 3.13. The second-order valence-corrected chi connectivity index (χ2v) is 8.53. The fourth-order valence-corrected chi connectivity index (χ4v) is 5.39. The molecule has 0 spiro atoms. The first-order valence-electron chi connectivity index (χ1n) is 9.67. The Kier molecular flexibility index (Phi) is 4.42. The van der Waals surface area contributed by atoms with E-state index in [4.69, 9.17) is 9.47 Å². The summed E-state index contributed by atoms with van der Waals surface area (Å²) in [6.45, 7) is 8.19. The highest BCUT2D eigenvalue weighted by Crippen LogP contribution is 2.55. The van der Waals surface area contributed by atoms with Crippen LogP contribution in [0.1, 0.15) is 51.5 Å². The van der Waals surface area contributed by atoms with Crippen LogP contribution in [0.3, 0.4) is 0 Å². The van der Waals surface area contributed by atoms with Gasteiger partial charge in [-0.3, -0.25) is 0 Å². The maximum absolute atomic E-state index is 6.61. The molecule has 4 fully saturated rings. The quantitative estimate of drug-likeness (QED) is 0.640. The van der Waals surface area contributed by atoms with Gasteiger partial charge in [0.15, 0.2) is 0 Å². The van der Waals surface area contributed by atoms with E-state index in [0.717, 1.165) is 35.0 Å². The highest BCUT2D eigenvalue weighted by atomic mass is 16.7. The molecule has 0 saturated heterocycles. The van der Waals surface area contributed by atoms with Crippen LogP contribution in [0.15, 0.2) is 30.8 Å². The van der Waals surface area contributed by atoms with Crippen LogP contribution >= 0.6 is 0 Å². The van der Waals surface area contributed by atoms with Gasteiger partial charge in [-0.05, 0) is 73.5 Å². The molecule has 4 bridgehead atoms. The van der Waals surface area contributed by atoms with Crippen LogP contribution in [0.5, 0.6) is 5.75 Å². The van der Waals surface area contributed by atoms with Crippen LogP contribution in [0.4, 0.5) is 0 Å². The van der Waals surface area contributed by atoms with Gasteiger partial charge in [0, 0.05) is 5.92 Å². The Morgan fingerprint density at radius 2 is 1.54 bits per heavy atom. The van der Waals surface area contributed by atoms with Gasteiger partial charge in [-0.2, -0.15) is 0 Å². The van der Waals surface area contributed by atoms with Gasteiger partial charge in [0.1, 0.15) is 5.75 Å². The Morgan fingerprint density at radius 3 is 2.04 bits per heavy atom. The summed E-state index contributed by atoms with van der Waals surface area (Å²) in [7, 11) is 0. The van der Waals surface area contributed by atoms with E-state index in [1.54, 1.807) is 0 Å². The highest BCUT2D eigenvalue weighted by Gasteiger charge is 2.49. The molecule has 4 saturated carbocycles. The molecule has 4 aliphatic rings. The highest BCUT2D eigenvalue weighted by molar-refractivity contribution is 5.48. The third-order valence-electron chi connectivity index (χ3n) is 6.34. The molecule has 2 nitrogen and oxygen atoms in total. The van der Waals surface area contributed by atoms with Crippen molar-refractivity contribution >= 4 is 6.08 Å². The van der Waals surface area contributed by atoms with Crippen molar-refractivity contribution in [3.05, 3.63) is 36.4 Å². The zero-order valence-corrected chi connectivity index (χ0v) is 15.0. The number of rotatable bonds is 6. The van der Waals surface area contributed by atoms with E-state index in [-0.39, 0.29) is 6.29 Å². The summed E-state index contributed by atoms with van der Waals surface area (Å²) in [6, 6.07) is 8.13. The minimum absolute atomic E-state index is 0.151. The van der Waals surface area contributed by atoms with E-state index in [0.29, 0.717) is 12.0 Å². The Hall–Kier alpha value is -1.28. The summed E-state index contributed by atoms with van der Waals surface area (Å²) in [5, 5.41) is 0. The number of ether oxygens (including phenoxy) is 2. The summed E-state index contributed by atoms with van der Waals surface area (Å²) in [5.74, 6) is 4.75. The van der Waals surface area contributed by atoms with Crippen molar-refractivity contribution in [1.82, 2.24) is 0 Å².